The summed E-state index contributed by atoms with van der Waals surface area (Å²) in [5.41, 5.74) is 1.74. The van der Waals surface area contributed by atoms with Crippen LogP contribution in [0.4, 0.5) is 5.69 Å². The van der Waals surface area contributed by atoms with Crippen LogP contribution in [0.5, 0.6) is 0 Å². The van der Waals surface area contributed by atoms with Crippen LogP contribution in [-0.2, 0) is 9.59 Å². The first kappa shape index (κ1) is 11.4. The Morgan fingerprint density at radius 1 is 1.24 bits per heavy atom. The van der Waals surface area contributed by atoms with Crippen LogP contribution in [0.3, 0.4) is 0 Å². The van der Waals surface area contributed by atoms with Gasteiger partial charge in [0, 0.05) is 29.9 Å². The van der Waals surface area contributed by atoms with Gasteiger partial charge in [-0.1, -0.05) is 18.2 Å². The largest absolute Gasteiger partial charge is 0.359 e. The number of para-hydroxylation sites is 1. The highest BCUT2D eigenvalue weighted by atomic mass is 16.2. The SMILES string of the molecule is CC(=O)CCC(=O)Nc1c[nH]c2ccccc12. The number of nitrogens with one attached hydrogen (secondary N) is 2. The van der Waals surface area contributed by atoms with E-state index in [-0.39, 0.29) is 24.5 Å². The van der Waals surface area contributed by atoms with Gasteiger partial charge in [-0.15, -0.1) is 0 Å². The fourth-order valence-electron chi connectivity index (χ4n) is 1.68. The molecular weight excluding hydrogens is 216 g/mol. The van der Waals surface area contributed by atoms with Crippen LogP contribution in [-0.4, -0.2) is 16.7 Å². The first-order valence-electron chi connectivity index (χ1n) is 5.52. The van der Waals surface area contributed by atoms with Gasteiger partial charge in [0.1, 0.15) is 5.78 Å². The quantitative estimate of drug-likeness (QED) is 0.847. The molecule has 1 aromatic heterocycles. The van der Waals surface area contributed by atoms with E-state index in [0.717, 1.165) is 16.6 Å². The van der Waals surface area contributed by atoms with Crippen molar-refractivity contribution in [1.82, 2.24) is 4.98 Å². The van der Waals surface area contributed by atoms with E-state index in [1.165, 1.54) is 6.92 Å². The second kappa shape index (κ2) is 4.82. The standard InChI is InChI=1S/C13H14N2O2/c1-9(16)6-7-13(17)15-12-8-14-11-5-3-2-4-10(11)12/h2-5,8,14H,6-7H2,1H3,(H,15,17). The maximum absolute atomic E-state index is 11.6. The molecule has 17 heavy (non-hydrogen) atoms. The monoisotopic (exact) mass is 230 g/mol. The fourth-order valence-corrected chi connectivity index (χ4v) is 1.68. The Labute approximate surface area is 99.0 Å². The number of hydrogen-bond acceptors (Lipinski definition) is 2. The molecule has 2 aromatic rings. The lowest BCUT2D eigenvalue weighted by Gasteiger charge is -2.02. The van der Waals surface area contributed by atoms with Crippen LogP contribution < -0.4 is 5.32 Å². The van der Waals surface area contributed by atoms with Crippen molar-refractivity contribution in [2.24, 2.45) is 0 Å². The van der Waals surface area contributed by atoms with Crippen molar-refractivity contribution >= 4 is 28.3 Å². The number of hydrogen-bond donors (Lipinski definition) is 2. The minimum Gasteiger partial charge on any atom is -0.359 e. The summed E-state index contributed by atoms with van der Waals surface area (Å²) in [7, 11) is 0. The van der Waals surface area contributed by atoms with E-state index < -0.39 is 0 Å². The zero-order valence-corrected chi connectivity index (χ0v) is 9.62. The summed E-state index contributed by atoms with van der Waals surface area (Å²) in [4.78, 5) is 25.4. The van der Waals surface area contributed by atoms with Crippen LogP contribution in [0.15, 0.2) is 30.5 Å². The van der Waals surface area contributed by atoms with E-state index in [2.05, 4.69) is 10.3 Å². The molecule has 1 heterocycles. The second-order valence-corrected chi connectivity index (χ2v) is 4.00. The molecule has 0 bridgehead atoms. The Morgan fingerprint density at radius 2 is 2.00 bits per heavy atom. The highest BCUT2D eigenvalue weighted by molar-refractivity contribution is 6.02. The number of carbonyl (C=O) groups excluding carboxylic acids is 2. The van der Waals surface area contributed by atoms with E-state index in [9.17, 15) is 9.59 Å². The molecule has 4 heteroatoms. The number of anilines is 1. The topological polar surface area (TPSA) is 62.0 Å². The van der Waals surface area contributed by atoms with Crippen LogP contribution >= 0.6 is 0 Å². The maximum Gasteiger partial charge on any atom is 0.224 e. The number of H-pyrrole nitrogens is 1. The number of ketones is 1. The van der Waals surface area contributed by atoms with Crippen molar-refractivity contribution in [2.45, 2.75) is 19.8 Å². The van der Waals surface area contributed by atoms with Crippen LogP contribution in [0.2, 0.25) is 0 Å². The molecule has 0 spiro atoms. The second-order valence-electron chi connectivity index (χ2n) is 4.00. The number of fused-ring (bicyclic) bond motifs is 1. The molecule has 0 saturated heterocycles. The minimum absolute atomic E-state index is 0.0269. The van der Waals surface area contributed by atoms with Gasteiger partial charge in [0.15, 0.2) is 0 Å². The van der Waals surface area contributed by atoms with Gasteiger partial charge in [0.25, 0.3) is 0 Å². The zero-order valence-electron chi connectivity index (χ0n) is 9.62. The number of benzene rings is 1. The summed E-state index contributed by atoms with van der Waals surface area (Å²) in [6.45, 7) is 1.49. The van der Waals surface area contributed by atoms with Crippen LogP contribution in [0.25, 0.3) is 10.9 Å². The van der Waals surface area contributed by atoms with Crippen molar-refractivity contribution < 1.29 is 9.59 Å². The lowest BCUT2D eigenvalue weighted by Crippen LogP contribution is -2.12. The maximum atomic E-state index is 11.6. The third kappa shape index (κ3) is 2.72. The van der Waals surface area contributed by atoms with Gasteiger partial charge in [-0.25, -0.2) is 0 Å². The van der Waals surface area contributed by atoms with E-state index in [1.807, 2.05) is 24.3 Å². The molecule has 0 aliphatic carbocycles. The average Bonchev–Trinajstić information content (AvgIpc) is 2.70. The van der Waals surface area contributed by atoms with Gasteiger partial charge in [-0.2, -0.15) is 0 Å². The van der Waals surface area contributed by atoms with Crippen molar-refractivity contribution in [3.63, 3.8) is 0 Å². The first-order valence-corrected chi connectivity index (χ1v) is 5.52. The van der Waals surface area contributed by atoms with Gasteiger partial charge < -0.3 is 15.1 Å². The summed E-state index contributed by atoms with van der Waals surface area (Å²) < 4.78 is 0. The normalized spacial score (nSPS) is 10.4. The Hall–Kier alpha value is -2.10. The van der Waals surface area contributed by atoms with Gasteiger partial charge in [0.2, 0.25) is 5.91 Å². The first-order chi connectivity index (χ1) is 8.16. The summed E-state index contributed by atoms with van der Waals surface area (Å²) >= 11 is 0. The van der Waals surface area contributed by atoms with Crippen molar-refractivity contribution in [1.29, 1.82) is 0 Å². The summed E-state index contributed by atoms with van der Waals surface area (Å²) in [6, 6.07) is 7.73. The zero-order chi connectivity index (χ0) is 12.3. The molecule has 0 saturated carbocycles. The minimum atomic E-state index is -0.134. The van der Waals surface area contributed by atoms with E-state index >= 15 is 0 Å². The molecule has 0 fully saturated rings. The molecular formula is C13H14N2O2. The Kier molecular flexibility index (Phi) is 3.23. The molecule has 0 radical (unpaired) electrons. The van der Waals surface area contributed by atoms with Crippen molar-refractivity contribution in [2.75, 3.05) is 5.32 Å². The summed E-state index contributed by atoms with van der Waals surface area (Å²) in [5, 5.41) is 3.77. The van der Waals surface area contributed by atoms with E-state index in [4.69, 9.17) is 0 Å². The van der Waals surface area contributed by atoms with Gasteiger partial charge in [-0.3, -0.25) is 4.79 Å². The Balaban J connectivity index is 2.08. The predicted molar refractivity (Wildman–Crippen MR) is 66.8 cm³/mol. The van der Waals surface area contributed by atoms with Crippen molar-refractivity contribution in [3.8, 4) is 0 Å². The number of rotatable bonds is 4. The molecule has 4 nitrogen and oxygen atoms in total. The predicted octanol–water partition coefficient (Wildman–Crippen LogP) is 2.48. The molecule has 0 aliphatic rings. The number of Topliss-reactive ketones (excluding diaryl/α,β-unsaturated/α-hetero) is 1. The Bertz CT molecular complexity index is 557. The third-order valence-corrected chi connectivity index (χ3v) is 2.57. The van der Waals surface area contributed by atoms with Gasteiger partial charge in [-0.05, 0) is 13.0 Å². The van der Waals surface area contributed by atoms with Gasteiger partial charge in [0.05, 0.1) is 5.69 Å². The highest BCUT2D eigenvalue weighted by Crippen LogP contribution is 2.22. The van der Waals surface area contributed by atoms with Crippen LogP contribution in [0.1, 0.15) is 19.8 Å². The number of carbonyl (C=O) groups is 2. The van der Waals surface area contributed by atoms with Crippen molar-refractivity contribution in [3.05, 3.63) is 30.5 Å². The number of amides is 1. The molecule has 0 atom stereocenters. The molecule has 2 rings (SSSR count). The molecule has 0 unspecified atom stereocenters. The Morgan fingerprint density at radius 3 is 2.76 bits per heavy atom. The molecule has 0 aliphatic heterocycles. The lowest BCUT2D eigenvalue weighted by molar-refractivity contribution is -0.121. The highest BCUT2D eigenvalue weighted by Gasteiger charge is 2.07. The smallest absolute Gasteiger partial charge is 0.224 e. The fraction of sp³-hybridized carbons (Fsp3) is 0.231. The number of aromatic amines is 1. The average molecular weight is 230 g/mol. The molecule has 2 N–H and O–H groups in total. The third-order valence-electron chi connectivity index (χ3n) is 2.57. The van der Waals surface area contributed by atoms with Crippen LogP contribution in [0, 0.1) is 0 Å². The summed E-state index contributed by atoms with van der Waals surface area (Å²) in [5.74, 6) is -0.107. The van der Waals surface area contributed by atoms with E-state index in [1.54, 1.807) is 6.20 Å². The lowest BCUT2D eigenvalue weighted by atomic mass is 10.2. The molecule has 1 amide bonds. The van der Waals surface area contributed by atoms with E-state index in [0.29, 0.717) is 0 Å². The molecule has 88 valence electrons. The number of aromatic nitrogens is 1. The molecule has 1 aromatic carbocycles. The van der Waals surface area contributed by atoms with Gasteiger partial charge >= 0.3 is 0 Å². The summed E-state index contributed by atoms with van der Waals surface area (Å²) in [6.07, 6.45) is 2.28.